The molecule has 0 aromatic carbocycles. The molecule has 0 N–H and O–H groups in total. The van der Waals surface area contributed by atoms with Crippen LogP contribution in [0.1, 0.15) is 27.2 Å². The van der Waals surface area contributed by atoms with Crippen LogP contribution in [0.2, 0.25) is 0 Å². The van der Waals surface area contributed by atoms with Crippen LogP contribution < -0.4 is 0 Å². The first-order chi connectivity index (χ1) is 7.23. The fraction of sp³-hybridized carbons (Fsp3) is 0.889. The lowest BCUT2D eigenvalue weighted by molar-refractivity contribution is -0.118. The van der Waals surface area contributed by atoms with Crippen molar-refractivity contribution < 1.29 is 18.4 Å². The number of hydrogen-bond acceptors (Lipinski definition) is 4. The molecular formula is C9H15Cl2O4P. The van der Waals surface area contributed by atoms with Crippen LogP contribution in [0.25, 0.3) is 0 Å². The van der Waals surface area contributed by atoms with Crippen LogP contribution >= 0.6 is 30.8 Å². The van der Waals surface area contributed by atoms with E-state index in [1.807, 2.05) is 0 Å². The van der Waals surface area contributed by atoms with E-state index in [4.69, 9.17) is 32.2 Å². The molecule has 0 aliphatic heterocycles. The molecule has 0 amide bonds. The molecule has 1 aliphatic carbocycles. The molecule has 0 bridgehead atoms. The lowest BCUT2D eigenvalue weighted by Crippen LogP contribution is -2.21. The molecular weight excluding hydrogens is 274 g/mol. The Hall–Kier alpha value is 0.400. The predicted octanol–water partition coefficient (Wildman–Crippen LogP) is 3.36. The third kappa shape index (κ3) is 2.32. The molecule has 1 aliphatic rings. The van der Waals surface area contributed by atoms with Gasteiger partial charge in [-0.15, -0.1) is 23.2 Å². The standard InChI is InChI=1S/C9H15Cl2O4P/c1-4-14-16(13,15-5-2)7(12)8(3)6-9(8,10)11/h4-6H2,1-3H3. The third-order valence-electron chi connectivity index (χ3n) is 2.58. The van der Waals surface area contributed by atoms with Crippen LogP contribution in [-0.2, 0) is 18.4 Å². The Morgan fingerprint density at radius 3 is 1.94 bits per heavy atom. The molecule has 1 saturated carbocycles. The second-order valence-corrected chi connectivity index (χ2v) is 7.25. The zero-order chi connectivity index (χ0) is 12.6. The third-order valence-corrected chi connectivity index (χ3v) is 5.87. The van der Waals surface area contributed by atoms with Crippen LogP contribution in [0.4, 0.5) is 0 Å². The lowest BCUT2D eigenvalue weighted by Gasteiger charge is -2.19. The summed E-state index contributed by atoms with van der Waals surface area (Å²) in [4.78, 5) is 12.1. The van der Waals surface area contributed by atoms with E-state index in [1.165, 1.54) is 0 Å². The van der Waals surface area contributed by atoms with Crippen molar-refractivity contribution in [1.29, 1.82) is 0 Å². The Morgan fingerprint density at radius 2 is 1.69 bits per heavy atom. The SMILES string of the molecule is CCOP(=O)(OCC)C(=O)C1(C)CC1(Cl)Cl. The molecule has 1 fully saturated rings. The van der Waals surface area contributed by atoms with E-state index in [9.17, 15) is 9.36 Å². The number of carbonyl (C=O) groups excluding carboxylic acids is 1. The van der Waals surface area contributed by atoms with Crippen molar-refractivity contribution >= 4 is 36.3 Å². The molecule has 94 valence electrons. The Labute approximate surface area is 105 Å². The first-order valence-electron chi connectivity index (χ1n) is 5.05. The van der Waals surface area contributed by atoms with Crippen LogP contribution in [-0.4, -0.2) is 23.1 Å². The minimum Gasteiger partial charge on any atom is -0.303 e. The maximum atomic E-state index is 12.2. The second kappa shape index (κ2) is 4.58. The van der Waals surface area contributed by atoms with E-state index in [1.54, 1.807) is 20.8 Å². The minimum absolute atomic E-state index is 0.136. The molecule has 7 heteroatoms. The first kappa shape index (κ1) is 14.5. The van der Waals surface area contributed by atoms with Gasteiger partial charge in [-0.2, -0.15) is 0 Å². The fourth-order valence-electron chi connectivity index (χ4n) is 1.43. The predicted molar refractivity (Wildman–Crippen MR) is 63.0 cm³/mol. The quantitative estimate of drug-likeness (QED) is 0.555. The monoisotopic (exact) mass is 288 g/mol. The van der Waals surface area contributed by atoms with Crippen molar-refractivity contribution in [3.05, 3.63) is 0 Å². The maximum Gasteiger partial charge on any atom is 0.397 e. The van der Waals surface area contributed by atoms with Crippen LogP contribution in [0.3, 0.4) is 0 Å². The summed E-state index contributed by atoms with van der Waals surface area (Å²) in [7, 11) is -3.76. The average Bonchev–Trinajstić information content (AvgIpc) is 2.67. The summed E-state index contributed by atoms with van der Waals surface area (Å²) < 4.78 is 20.9. The normalized spacial score (nSPS) is 27.8. The van der Waals surface area contributed by atoms with Gasteiger partial charge in [-0.3, -0.25) is 9.36 Å². The number of halogens is 2. The molecule has 0 heterocycles. The van der Waals surface area contributed by atoms with Crippen molar-refractivity contribution in [1.82, 2.24) is 0 Å². The summed E-state index contributed by atoms with van der Waals surface area (Å²) in [5.41, 5.74) is -1.66. The largest absolute Gasteiger partial charge is 0.397 e. The second-order valence-electron chi connectivity index (χ2n) is 3.85. The molecule has 0 saturated heterocycles. The maximum absolute atomic E-state index is 12.2. The minimum atomic E-state index is -3.76. The highest BCUT2D eigenvalue weighted by Gasteiger charge is 2.71. The van der Waals surface area contributed by atoms with E-state index < -0.39 is 22.9 Å². The highest BCUT2D eigenvalue weighted by atomic mass is 35.5. The van der Waals surface area contributed by atoms with Gasteiger partial charge in [0.2, 0.25) is 0 Å². The van der Waals surface area contributed by atoms with Gasteiger partial charge in [0.1, 0.15) is 4.33 Å². The topological polar surface area (TPSA) is 52.6 Å². The smallest absolute Gasteiger partial charge is 0.303 e. The van der Waals surface area contributed by atoms with Gasteiger partial charge in [0.15, 0.2) is 0 Å². The van der Waals surface area contributed by atoms with Gasteiger partial charge in [0.05, 0.1) is 18.6 Å². The van der Waals surface area contributed by atoms with Crippen molar-refractivity contribution in [3.8, 4) is 0 Å². The van der Waals surface area contributed by atoms with Crippen molar-refractivity contribution in [2.45, 2.75) is 31.5 Å². The molecule has 16 heavy (non-hydrogen) atoms. The number of alkyl halides is 2. The molecule has 0 radical (unpaired) electrons. The zero-order valence-corrected chi connectivity index (χ0v) is 11.9. The summed E-state index contributed by atoms with van der Waals surface area (Å²) in [6.45, 7) is 5.12. The zero-order valence-electron chi connectivity index (χ0n) is 9.46. The average molecular weight is 289 g/mol. The number of hydrogen-bond donors (Lipinski definition) is 0. The molecule has 0 aromatic heterocycles. The number of rotatable bonds is 6. The Balaban J connectivity index is 2.90. The van der Waals surface area contributed by atoms with Crippen molar-refractivity contribution in [2.75, 3.05) is 13.2 Å². The van der Waals surface area contributed by atoms with E-state index in [2.05, 4.69) is 0 Å². The van der Waals surface area contributed by atoms with Gasteiger partial charge in [-0.25, -0.2) is 0 Å². The van der Waals surface area contributed by atoms with E-state index in [0.29, 0.717) is 0 Å². The summed E-state index contributed by atoms with van der Waals surface area (Å²) >= 11 is 11.7. The lowest BCUT2D eigenvalue weighted by atomic mass is 10.2. The summed E-state index contributed by atoms with van der Waals surface area (Å²) in [5.74, 6) is 0. The van der Waals surface area contributed by atoms with E-state index in [-0.39, 0.29) is 19.6 Å². The summed E-state index contributed by atoms with van der Waals surface area (Å²) in [6, 6.07) is 0. The molecule has 1 unspecified atom stereocenters. The van der Waals surface area contributed by atoms with Crippen molar-refractivity contribution in [3.63, 3.8) is 0 Å². The first-order valence-corrected chi connectivity index (χ1v) is 7.35. The van der Waals surface area contributed by atoms with Gasteiger partial charge in [0, 0.05) is 0 Å². The molecule has 0 spiro atoms. The van der Waals surface area contributed by atoms with E-state index >= 15 is 0 Å². The summed E-state index contributed by atoms with van der Waals surface area (Å²) in [6.07, 6.45) is 0.270. The molecule has 4 nitrogen and oxygen atoms in total. The fourth-order valence-corrected chi connectivity index (χ4v) is 4.13. The van der Waals surface area contributed by atoms with Gasteiger partial charge >= 0.3 is 7.60 Å². The summed E-state index contributed by atoms with van der Waals surface area (Å²) in [5, 5.41) is 0. The van der Waals surface area contributed by atoms with E-state index in [0.717, 1.165) is 0 Å². The Kier molecular flexibility index (Phi) is 4.14. The van der Waals surface area contributed by atoms with Crippen molar-refractivity contribution in [2.24, 2.45) is 5.41 Å². The molecule has 1 atom stereocenters. The Bertz CT molecular complexity index is 334. The van der Waals surface area contributed by atoms with Crippen LogP contribution in [0.15, 0.2) is 0 Å². The highest BCUT2D eigenvalue weighted by molar-refractivity contribution is 7.72. The highest BCUT2D eigenvalue weighted by Crippen LogP contribution is 2.70. The van der Waals surface area contributed by atoms with Crippen LogP contribution in [0.5, 0.6) is 0 Å². The van der Waals surface area contributed by atoms with Gasteiger partial charge in [-0.1, -0.05) is 0 Å². The van der Waals surface area contributed by atoms with Gasteiger partial charge < -0.3 is 9.05 Å². The van der Waals surface area contributed by atoms with Crippen LogP contribution in [0, 0.1) is 5.41 Å². The number of carbonyl (C=O) groups is 1. The van der Waals surface area contributed by atoms with Gasteiger partial charge in [0.25, 0.3) is 5.52 Å². The molecule has 1 rings (SSSR count). The molecule has 0 aromatic rings. The Morgan fingerprint density at radius 1 is 1.31 bits per heavy atom. The van der Waals surface area contributed by atoms with Gasteiger partial charge in [-0.05, 0) is 27.2 Å².